The first-order valence-electron chi connectivity index (χ1n) is 20.5. The smallest absolute Gasteiger partial charge is 0.352 e. The van der Waals surface area contributed by atoms with Crippen LogP contribution in [-0.2, 0) is 39.7 Å². The number of carbonyl (C=O) groups is 7. The van der Waals surface area contributed by atoms with Gasteiger partial charge in [0.15, 0.2) is 17.2 Å². The summed E-state index contributed by atoms with van der Waals surface area (Å²) in [7, 11) is -3.74. The number of aliphatic carboxylic acids is 1. The van der Waals surface area contributed by atoms with Crippen molar-refractivity contribution in [1.29, 1.82) is 0 Å². The number of carboxylic acid groups (broad SMARTS) is 1. The van der Waals surface area contributed by atoms with Crippen molar-refractivity contribution in [1.82, 2.24) is 14.5 Å². The Balaban J connectivity index is 0.913. The van der Waals surface area contributed by atoms with Crippen LogP contribution in [0.1, 0.15) is 82.4 Å². The molecule has 21 heteroatoms. The maximum atomic E-state index is 13.6. The van der Waals surface area contributed by atoms with Crippen molar-refractivity contribution in [2.75, 3.05) is 42.2 Å². The number of carbonyl (C=O) groups excluding carboxylic acids is 6. The Labute approximate surface area is 382 Å². The van der Waals surface area contributed by atoms with Gasteiger partial charge in [-0.2, -0.15) is 0 Å². The molecule has 1 unspecified atom stereocenters. The molecule has 7 rings (SSSR count). The number of esters is 1. The van der Waals surface area contributed by atoms with Gasteiger partial charge in [0.2, 0.25) is 27.7 Å². The predicted octanol–water partition coefficient (Wildman–Crippen LogP) is 5.35. The highest BCUT2D eigenvalue weighted by Crippen LogP contribution is 2.46. The number of nitrogens with zero attached hydrogens (tertiary/aromatic N) is 2. The summed E-state index contributed by atoms with van der Waals surface area (Å²) in [6, 6.07) is 17.0. The van der Waals surface area contributed by atoms with E-state index >= 15 is 0 Å². The van der Waals surface area contributed by atoms with Gasteiger partial charge in [0.1, 0.15) is 16.7 Å². The van der Waals surface area contributed by atoms with Gasteiger partial charge < -0.3 is 30.5 Å². The van der Waals surface area contributed by atoms with Gasteiger partial charge in [-0.05, 0) is 93.6 Å². The van der Waals surface area contributed by atoms with E-state index in [0.717, 1.165) is 21.9 Å². The molecule has 0 saturated carbocycles. The summed E-state index contributed by atoms with van der Waals surface area (Å²) in [5.41, 5.74) is 1.93. The number of halogens is 1. The minimum atomic E-state index is -3.74. The van der Waals surface area contributed by atoms with Crippen molar-refractivity contribution >= 4 is 91.5 Å². The fourth-order valence-electron chi connectivity index (χ4n) is 7.58. The van der Waals surface area contributed by atoms with Crippen LogP contribution in [0.5, 0.6) is 5.75 Å². The lowest BCUT2D eigenvalue weighted by molar-refractivity contribution is -0.139. The van der Waals surface area contributed by atoms with Crippen molar-refractivity contribution in [2.45, 2.75) is 69.9 Å². The highest BCUT2D eigenvalue weighted by Gasteiger charge is 2.44. The second kappa shape index (κ2) is 19.0. The standard InChI is InChI=1S/C44H45ClN6O12S2/c1-44(2,3)63-43(59)39-37(62-22-35(54)55)36(45)38(64-39)25-7-5-9-29(19-25)47-26-14-16-50(17-15-26)65(60,61)23-24-6-4-8-28(18-24)48-34(53)21-46-27-10-11-30-31(20-27)42(58)51(41(30)57)32-12-13-33(52)49-40(32)56/h4-11,18-20,26,32,46-47H,12-17,21-23H2,1-3H3,(H,48,53)(H,54,55)(H,49,52,56). The largest absolute Gasteiger partial charge is 0.479 e. The summed E-state index contributed by atoms with van der Waals surface area (Å²) in [5.74, 6) is -5.27. The Bertz CT molecular complexity index is 2710. The number of sulfonamides is 1. The van der Waals surface area contributed by atoms with Crippen LogP contribution >= 0.6 is 22.9 Å². The van der Waals surface area contributed by atoms with Gasteiger partial charge in [0.05, 0.1) is 28.3 Å². The molecule has 0 radical (unpaired) electrons. The fourth-order valence-corrected chi connectivity index (χ4v) is 10.6. The van der Waals surface area contributed by atoms with E-state index < -0.39 is 69.7 Å². The van der Waals surface area contributed by atoms with Gasteiger partial charge >= 0.3 is 11.9 Å². The van der Waals surface area contributed by atoms with Crippen molar-refractivity contribution in [3.8, 4) is 16.2 Å². The van der Waals surface area contributed by atoms with E-state index in [0.29, 0.717) is 40.2 Å². The van der Waals surface area contributed by atoms with Crippen molar-refractivity contribution in [3.63, 3.8) is 0 Å². The number of ether oxygens (including phenoxy) is 2. The molecule has 5 N–H and O–H groups in total. The number of thiophene rings is 1. The van der Waals surface area contributed by atoms with Gasteiger partial charge in [-0.15, -0.1) is 11.3 Å². The molecule has 4 aromatic rings. The second-order valence-corrected chi connectivity index (χ2v) is 19.9. The quantitative estimate of drug-likeness (QED) is 0.0746. The maximum Gasteiger partial charge on any atom is 0.352 e. The van der Waals surface area contributed by atoms with Crippen LogP contribution < -0.4 is 26.0 Å². The van der Waals surface area contributed by atoms with E-state index in [1.54, 1.807) is 57.2 Å². The Morgan fingerprint density at radius 2 is 1.62 bits per heavy atom. The Hall–Kier alpha value is -6.35. The van der Waals surface area contributed by atoms with Crippen molar-refractivity contribution in [2.24, 2.45) is 0 Å². The van der Waals surface area contributed by atoms with E-state index in [-0.39, 0.29) is 71.0 Å². The third kappa shape index (κ3) is 11.0. The maximum absolute atomic E-state index is 13.6. The average Bonchev–Trinajstić information content (AvgIpc) is 3.70. The molecule has 0 bridgehead atoms. The van der Waals surface area contributed by atoms with Crippen LogP contribution in [0.4, 0.5) is 17.1 Å². The van der Waals surface area contributed by atoms with Crippen LogP contribution in [0.25, 0.3) is 10.4 Å². The fraction of sp³-hybridized carbons (Fsp3) is 0.341. The van der Waals surface area contributed by atoms with E-state index in [4.69, 9.17) is 21.1 Å². The molecule has 2 fully saturated rings. The van der Waals surface area contributed by atoms with E-state index in [1.165, 1.54) is 22.5 Å². The summed E-state index contributed by atoms with van der Waals surface area (Å²) < 4.78 is 39.6. The van der Waals surface area contributed by atoms with Crippen LogP contribution in [0.2, 0.25) is 5.02 Å². The van der Waals surface area contributed by atoms with Gasteiger partial charge in [-0.25, -0.2) is 22.3 Å². The third-order valence-corrected chi connectivity index (χ3v) is 14.1. The molecule has 3 aliphatic heterocycles. The first kappa shape index (κ1) is 46.6. The summed E-state index contributed by atoms with van der Waals surface area (Å²) in [5, 5.41) is 20.6. The Kier molecular flexibility index (Phi) is 13.6. The molecule has 342 valence electrons. The topological polar surface area (TPSA) is 247 Å². The predicted molar refractivity (Wildman–Crippen MR) is 241 cm³/mol. The number of hydrogen-bond donors (Lipinski definition) is 5. The SMILES string of the molecule is CC(C)(C)OC(=O)c1sc(-c2cccc(NC3CCN(S(=O)(=O)Cc4cccc(NC(=O)CNc5ccc6c(c5)C(=O)N(C5CCC(=O)NC5=O)C6=O)c4)CC3)c2)c(Cl)c1OCC(=O)O. The van der Waals surface area contributed by atoms with E-state index in [2.05, 4.69) is 21.3 Å². The molecule has 0 spiro atoms. The first-order chi connectivity index (χ1) is 30.8. The lowest BCUT2D eigenvalue weighted by Gasteiger charge is -2.32. The minimum Gasteiger partial charge on any atom is -0.479 e. The number of imide groups is 2. The molecule has 3 aromatic carbocycles. The van der Waals surface area contributed by atoms with Crippen molar-refractivity contribution in [3.05, 3.63) is 93.3 Å². The van der Waals surface area contributed by atoms with Gasteiger partial charge in [-0.3, -0.25) is 34.2 Å². The van der Waals surface area contributed by atoms with Crippen molar-refractivity contribution < 1.29 is 56.6 Å². The number of piperidine rings is 2. The Morgan fingerprint density at radius 3 is 2.32 bits per heavy atom. The minimum absolute atomic E-state index is 0.00164. The number of amides is 5. The summed E-state index contributed by atoms with van der Waals surface area (Å²) >= 11 is 7.71. The molecule has 3 aliphatic rings. The number of fused-ring (bicyclic) bond motifs is 1. The number of benzene rings is 3. The van der Waals surface area contributed by atoms with Gasteiger partial charge in [0, 0.05) is 42.6 Å². The van der Waals surface area contributed by atoms with E-state index in [1.807, 2.05) is 12.1 Å². The Morgan fingerprint density at radius 1 is 0.908 bits per heavy atom. The molecule has 18 nitrogen and oxygen atoms in total. The number of anilines is 3. The number of rotatable bonds is 15. The molecule has 1 aromatic heterocycles. The molecular weight excluding hydrogens is 904 g/mol. The average molecular weight is 949 g/mol. The zero-order valence-corrected chi connectivity index (χ0v) is 37.8. The molecule has 1 atom stereocenters. The number of nitrogens with one attached hydrogen (secondary N) is 4. The monoisotopic (exact) mass is 948 g/mol. The zero-order chi connectivity index (χ0) is 46.8. The second-order valence-electron chi connectivity index (χ2n) is 16.6. The molecule has 2 saturated heterocycles. The third-order valence-electron chi connectivity index (χ3n) is 10.5. The molecule has 4 heterocycles. The molecule has 5 amide bonds. The highest BCUT2D eigenvalue weighted by atomic mass is 35.5. The lowest BCUT2D eigenvalue weighted by Crippen LogP contribution is -2.54. The molecule has 65 heavy (non-hydrogen) atoms. The normalized spacial score (nSPS) is 17.0. The zero-order valence-electron chi connectivity index (χ0n) is 35.4. The van der Waals surface area contributed by atoms with Crippen LogP contribution in [0.3, 0.4) is 0 Å². The van der Waals surface area contributed by atoms with Gasteiger partial charge in [-0.1, -0.05) is 35.9 Å². The molecule has 0 aliphatic carbocycles. The lowest BCUT2D eigenvalue weighted by atomic mass is 10.0. The first-order valence-corrected chi connectivity index (χ1v) is 23.3. The van der Waals surface area contributed by atoms with Crippen LogP contribution in [0.15, 0.2) is 66.7 Å². The summed E-state index contributed by atoms with van der Waals surface area (Å²) in [6.07, 6.45) is 1.04. The molecular formula is C44H45ClN6O12S2. The van der Waals surface area contributed by atoms with Crippen LogP contribution in [-0.4, -0.2) is 108 Å². The van der Waals surface area contributed by atoms with Gasteiger partial charge in [0.25, 0.3) is 11.8 Å². The van der Waals surface area contributed by atoms with Crippen LogP contribution in [0, 0.1) is 0 Å². The number of hydrogen-bond acceptors (Lipinski definition) is 14. The highest BCUT2D eigenvalue weighted by molar-refractivity contribution is 7.88. The number of carboxylic acids is 1. The summed E-state index contributed by atoms with van der Waals surface area (Å²) in [6.45, 7) is 4.71. The summed E-state index contributed by atoms with van der Waals surface area (Å²) in [4.78, 5) is 88.8. The van der Waals surface area contributed by atoms with E-state index in [9.17, 15) is 47.1 Å².